The molecule has 1 N–H and O–H groups in total. The van der Waals surface area contributed by atoms with E-state index in [2.05, 4.69) is 24.4 Å². The summed E-state index contributed by atoms with van der Waals surface area (Å²) in [6, 6.07) is 11.6. The number of aromatic nitrogens is 2. The molecule has 23 heavy (non-hydrogen) atoms. The molecule has 0 atom stereocenters. The Morgan fingerprint density at radius 1 is 1.22 bits per heavy atom. The number of hydrogen-bond acceptors (Lipinski definition) is 3. The summed E-state index contributed by atoms with van der Waals surface area (Å²) in [4.78, 5) is 1.13. The lowest BCUT2D eigenvalue weighted by atomic mass is 10.3. The minimum Gasteiger partial charge on any atom is -0.370 e. The first kappa shape index (κ1) is 16.4. The van der Waals surface area contributed by atoms with Gasteiger partial charge in [-0.1, -0.05) is 42.6 Å². The number of benzene rings is 1. The van der Waals surface area contributed by atoms with Crippen LogP contribution in [-0.2, 0) is 0 Å². The summed E-state index contributed by atoms with van der Waals surface area (Å²) in [5.74, 6) is 0.936. The van der Waals surface area contributed by atoms with Gasteiger partial charge in [-0.25, -0.2) is 4.68 Å². The van der Waals surface area contributed by atoms with Crippen LogP contribution in [0.4, 0.5) is 5.82 Å². The highest BCUT2D eigenvalue weighted by atomic mass is 35.5. The monoisotopic (exact) mass is 365 g/mol. The van der Waals surface area contributed by atoms with Crippen molar-refractivity contribution in [2.45, 2.75) is 19.8 Å². The third kappa shape index (κ3) is 3.71. The van der Waals surface area contributed by atoms with E-state index >= 15 is 0 Å². The molecule has 0 saturated heterocycles. The number of anilines is 1. The van der Waals surface area contributed by atoms with E-state index in [0.29, 0.717) is 10.0 Å². The largest absolute Gasteiger partial charge is 0.370 e. The lowest BCUT2D eigenvalue weighted by molar-refractivity contribution is 0.814. The van der Waals surface area contributed by atoms with Crippen LogP contribution in [0, 0.1) is 0 Å². The molecular formula is C17H17Cl2N3S. The summed E-state index contributed by atoms with van der Waals surface area (Å²) < 4.78 is 1.85. The number of rotatable bonds is 6. The van der Waals surface area contributed by atoms with E-state index in [9.17, 15) is 0 Å². The topological polar surface area (TPSA) is 29.9 Å². The van der Waals surface area contributed by atoms with Gasteiger partial charge in [-0.2, -0.15) is 5.10 Å². The van der Waals surface area contributed by atoms with Crippen LogP contribution in [0.5, 0.6) is 0 Å². The maximum absolute atomic E-state index is 6.36. The Labute approximate surface area is 149 Å². The second-order valence-corrected chi connectivity index (χ2v) is 6.97. The van der Waals surface area contributed by atoms with Gasteiger partial charge in [-0.05, 0) is 36.1 Å². The van der Waals surface area contributed by atoms with Gasteiger partial charge in [-0.15, -0.1) is 11.3 Å². The minimum absolute atomic E-state index is 0.580. The first-order chi connectivity index (χ1) is 11.2. The molecule has 2 heterocycles. The van der Waals surface area contributed by atoms with Gasteiger partial charge in [0.2, 0.25) is 0 Å². The molecule has 0 aliphatic rings. The Hall–Kier alpha value is -1.49. The fourth-order valence-corrected chi connectivity index (χ4v) is 3.45. The number of hydrogen-bond donors (Lipinski definition) is 1. The Balaban J connectivity index is 2.02. The van der Waals surface area contributed by atoms with Crippen molar-refractivity contribution in [3.8, 4) is 16.3 Å². The van der Waals surface area contributed by atoms with Gasteiger partial charge in [0.15, 0.2) is 0 Å². The molecule has 1 aromatic carbocycles. The van der Waals surface area contributed by atoms with Crippen LogP contribution in [0.3, 0.4) is 0 Å². The predicted octanol–water partition coefficient (Wildman–Crippen LogP) is 6.12. The molecule has 2 aromatic heterocycles. The highest BCUT2D eigenvalue weighted by Crippen LogP contribution is 2.31. The van der Waals surface area contributed by atoms with Crippen LogP contribution in [-0.4, -0.2) is 16.3 Å². The van der Waals surface area contributed by atoms with E-state index < -0.39 is 0 Å². The molecule has 0 fully saturated rings. The molecule has 120 valence electrons. The molecular weight excluding hydrogens is 349 g/mol. The van der Waals surface area contributed by atoms with Crippen molar-refractivity contribution in [1.82, 2.24) is 9.78 Å². The van der Waals surface area contributed by atoms with E-state index in [1.165, 1.54) is 0 Å². The Kier molecular flexibility index (Phi) is 5.26. The summed E-state index contributed by atoms with van der Waals surface area (Å²) in [5.41, 5.74) is 1.75. The van der Waals surface area contributed by atoms with E-state index in [1.54, 1.807) is 17.4 Å². The average Bonchev–Trinajstić information content (AvgIpc) is 3.17. The number of nitrogens with zero attached hydrogens (tertiary/aromatic N) is 2. The standard InChI is InChI=1S/C17H17Cl2N3S/c1-2-3-8-20-17-11-14(16-5-4-9-23-16)21-22(17)15-7-6-12(18)10-13(15)19/h4-7,9-11,20H,2-3,8H2,1H3. The second kappa shape index (κ2) is 7.39. The smallest absolute Gasteiger partial charge is 0.130 e. The van der Waals surface area contributed by atoms with Gasteiger partial charge in [-0.3, -0.25) is 0 Å². The Morgan fingerprint density at radius 3 is 2.78 bits per heavy atom. The van der Waals surface area contributed by atoms with E-state index in [-0.39, 0.29) is 0 Å². The van der Waals surface area contributed by atoms with Crippen LogP contribution in [0.15, 0.2) is 41.8 Å². The van der Waals surface area contributed by atoms with Crippen LogP contribution >= 0.6 is 34.5 Å². The molecule has 3 rings (SSSR count). The lowest BCUT2D eigenvalue weighted by Gasteiger charge is -2.11. The molecule has 0 spiro atoms. The molecule has 0 amide bonds. The average molecular weight is 366 g/mol. The highest BCUT2D eigenvalue weighted by Gasteiger charge is 2.14. The van der Waals surface area contributed by atoms with Crippen molar-refractivity contribution in [3.05, 3.63) is 51.8 Å². The summed E-state index contributed by atoms with van der Waals surface area (Å²) in [6.45, 7) is 3.07. The van der Waals surface area contributed by atoms with E-state index in [0.717, 1.165) is 41.5 Å². The molecule has 0 aliphatic heterocycles. The maximum atomic E-state index is 6.36. The van der Waals surface area contributed by atoms with Crippen molar-refractivity contribution in [1.29, 1.82) is 0 Å². The zero-order valence-electron chi connectivity index (χ0n) is 12.7. The zero-order valence-corrected chi connectivity index (χ0v) is 15.0. The fourth-order valence-electron chi connectivity index (χ4n) is 2.28. The number of thiophene rings is 1. The van der Waals surface area contributed by atoms with Crippen molar-refractivity contribution < 1.29 is 0 Å². The summed E-state index contributed by atoms with van der Waals surface area (Å²) in [5, 5.41) is 11.4. The molecule has 0 saturated carbocycles. The van der Waals surface area contributed by atoms with Crippen molar-refractivity contribution in [2.24, 2.45) is 0 Å². The van der Waals surface area contributed by atoms with E-state index in [1.807, 2.05) is 28.3 Å². The molecule has 3 aromatic rings. The van der Waals surface area contributed by atoms with Gasteiger partial charge >= 0.3 is 0 Å². The van der Waals surface area contributed by atoms with Gasteiger partial charge in [0, 0.05) is 17.6 Å². The molecule has 3 nitrogen and oxygen atoms in total. The SMILES string of the molecule is CCCCNc1cc(-c2cccs2)nn1-c1ccc(Cl)cc1Cl. The third-order valence-corrected chi connectivity index (χ3v) is 4.89. The summed E-state index contributed by atoms with van der Waals surface area (Å²) in [7, 11) is 0. The van der Waals surface area contributed by atoms with Gasteiger partial charge in [0.1, 0.15) is 11.5 Å². The molecule has 6 heteroatoms. The predicted molar refractivity (Wildman–Crippen MR) is 100 cm³/mol. The summed E-state index contributed by atoms with van der Waals surface area (Å²) in [6.07, 6.45) is 2.24. The first-order valence-corrected chi connectivity index (χ1v) is 9.16. The van der Waals surface area contributed by atoms with Crippen LogP contribution in [0.2, 0.25) is 10.0 Å². The zero-order chi connectivity index (χ0) is 16.2. The van der Waals surface area contributed by atoms with Gasteiger partial charge in [0.25, 0.3) is 0 Å². The maximum Gasteiger partial charge on any atom is 0.130 e. The van der Waals surface area contributed by atoms with E-state index in [4.69, 9.17) is 28.3 Å². The summed E-state index contributed by atoms with van der Waals surface area (Å²) >= 11 is 14.0. The molecule has 0 bridgehead atoms. The van der Waals surface area contributed by atoms with Gasteiger partial charge < -0.3 is 5.32 Å². The van der Waals surface area contributed by atoms with Crippen LogP contribution in [0.1, 0.15) is 19.8 Å². The Bertz CT molecular complexity index is 781. The lowest BCUT2D eigenvalue weighted by Crippen LogP contribution is -2.08. The quantitative estimate of drug-likeness (QED) is 0.533. The number of unbranched alkanes of at least 4 members (excludes halogenated alkanes) is 1. The van der Waals surface area contributed by atoms with Crippen molar-refractivity contribution in [3.63, 3.8) is 0 Å². The number of nitrogens with one attached hydrogen (secondary N) is 1. The van der Waals surface area contributed by atoms with Crippen LogP contribution < -0.4 is 5.32 Å². The molecule has 0 aliphatic carbocycles. The highest BCUT2D eigenvalue weighted by molar-refractivity contribution is 7.13. The fraction of sp³-hybridized carbons (Fsp3) is 0.235. The van der Waals surface area contributed by atoms with Crippen LogP contribution in [0.25, 0.3) is 16.3 Å². The molecule has 0 unspecified atom stereocenters. The minimum atomic E-state index is 0.580. The number of halogens is 2. The first-order valence-electron chi connectivity index (χ1n) is 7.52. The second-order valence-electron chi connectivity index (χ2n) is 5.18. The Morgan fingerprint density at radius 2 is 2.09 bits per heavy atom. The molecule has 0 radical (unpaired) electrons. The normalized spacial score (nSPS) is 10.9. The van der Waals surface area contributed by atoms with Crippen molar-refractivity contribution in [2.75, 3.05) is 11.9 Å². The van der Waals surface area contributed by atoms with Crippen molar-refractivity contribution >= 4 is 40.4 Å². The third-order valence-electron chi connectivity index (χ3n) is 3.46. The van der Waals surface area contributed by atoms with Gasteiger partial charge in [0.05, 0.1) is 15.6 Å².